The van der Waals surface area contributed by atoms with Crippen molar-refractivity contribution in [3.63, 3.8) is 0 Å². The Morgan fingerprint density at radius 2 is 2.04 bits per heavy atom. The van der Waals surface area contributed by atoms with Gasteiger partial charge in [0.2, 0.25) is 11.0 Å². The topological polar surface area (TPSA) is 49.3 Å². The molecule has 2 fully saturated rings. The maximum Gasteiger partial charge on any atom is 0.231 e. The van der Waals surface area contributed by atoms with Gasteiger partial charge in [-0.25, -0.2) is 4.98 Å². The molecular weight excluding hydrogens is 320 g/mol. The second-order valence-corrected chi connectivity index (χ2v) is 7.74. The molecule has 2 aromatic rings. The van der Waals surface area contributed by atoms with E-state index in [-0.39, 0.29) is 11.8 Å². The van der Waals surface area contributed by atoms with E-state index in [9.17, 15) is 4.79 Å². The zero-order valence-corrected chi connectivity index (χ0v) is 14.3. The van der Waals surface area contributed by atoms with Crippen LogP contribution < -0.4 is 9.80 Å². The predicted octanol–water partition coefficient (Wildman–Crippen LogP) is 2.83. The van der Waals surface area contributed by atoms with Crippen LogP contribution in [0, 0.1) is 5.92 Å². The lowest BCUT2D eigenvalue weighted by atomic mass is 10.1. The number of anilines is 2. The Labute approximate surface area is 145 Å². The van der Waals surface area contributed by atoms with Crippen molar-refractivity contribution in [1.29, 1.82) is 0 Å². The maximum atomic E-state index is 13.0. The van der Waals surface area contributed by atoms with E-state index in [0.29, 0.717) is 5.92 Å². The molecule has 6 heteroatoms. The molecule has 0 spiro atoms. The molecular formula is C18H20N4OS. The fraction of sp³-hybridized carbons (Fsp3) is 0.500. The predicted molar refractivity (Wildman–Crippen MR) is 94.7 cm³/mol. The molecule has 5 nitrogen and oxygen atoms in total. The summed E-state index contributed by atoms with van der Waals surface area (Å²) in [7, 11) is 0. The van der Waals surface area contributed by atoms with E-state index in [1.807, 2.05) is 11.0 Å². The molecule has 1 atom stereocenters. The van der Waals surface area contributed by atoms with E-state index in [1.54, 1.807) is 0 Å². The summed E-state index contributed by atoms with van der Waals surface area (Å²) in [4.78, 5) is 21.9. The molecule has 1 saturated carbocycles. The van der Waals surface area contributed by atoms with Crippen LogP contribution in [0.25, 0.3) is 0 Å². The third-order valence-corrected chi connectivity index (χ3v) is 6.13. The molecule has 1 saturated heterocycles. The van der Waals surface area contributed by atoms with Gasteiger partial charge in [-0.05, 0) is 37.3 Å². The van der Waals surface area contributed by atoms with Crippen LogP contribution in [0.15, 0.2) is 24.3 Å². The zero-order chi connectivity index (χ0) is 16.1. The smallest absolute Gasteiger partial charge is 0.231 e. The van der Waals surface area contributed by atoms with Crippen LogP contribution in [0.3, 0.4) is 0 Å². The van der Waals surface area contributed by atoms with Gasteiger partial charge in [0.15, 0.2) is 0 Å². The molecule has 24 heavy (non-hydrogen) atoms. The number of hydrogen-bond acceptors (Lipinski definition) is 5. The molecule has 0 radical (unpaired) electrons. The average Bonchev–Trinajstić information content (AvgIpc) is 3.07. The fourth-order valence-corrected chi connectivity index (χ4v) is 4.57. The van der Waals surface area contributed by atoms with Crippen molar-refractivity contribution in [2.75, 3.05) is 29.4 Å². The highest BCUT2D eigenvalue weighted by atomic mass is 32.1. The highest BCUT2D eigenvalue weighted by molar-refractivity contribution is 7.09. The molecule has 2 aliphatic heterocycles. The minimum absolute atomic E-state index is 0.0735. The van der Waals surface area contributed by atoms with E-state index < -0.39 is 0 Å². The van der Waals surface area contributed by atoms with Crippen LogP contribution in [-0.2, 0) is 11.2 Å². The summed E-state index contributed by atoms with van der Waals surface area (Å²) in [5.41, 5.74) is 2.40. The van der Waals surface area contributed by atoms with Gasteiger partial charge in [0.05, 0.1) is 5.92 Å². The first-order valence-electron chi connectivity index (χ1n) is 8.77. The van der Waals surface area contributed by atoms with E-state index in [0.717, 1.165) is 49.1 Å². The molecule has 3 heterocycles. The van der Waals surface area contributed by atoms with Crippen molar-refractivity contribution < 1.29 is 4.79 Å². The summed E-state index contributed by atoms with van der Waals surface area (Å²) in [5.74, 6) is 1.95. The molecule has 124 valence electrons. The van der Waals surface area contributed by atoms with Crippen LogP contribution in [0.1, 0.15) is 36.6 Å². The lowest BCUT2D eigenvalue weighted by Crippen LogP contribution is -2.36. The van der Waals surface area contributed by atoms with E-state index >= 15 is 0 Å². The highest BCUT2D eigenvalue weighted by Crippen LogP contribution is 2.40. The summed E-state index contributed by atoms with van der Waals surface area (Å²) in [5, 5.41) is 0.994. The van der Waals surface area contributed by atoms with Crippen molar-refractivity contribution in [3.8, 4) is 0 Å². The number of benzene rings is 1. The first-order chi connectivity index (χ1) is 11.8. The molecule has 1 amide bonds. The minimum Gasteiger partial charge on any atom is -0.346 e. The molecule has 3 aliphatic rings. The van der Waals surface area contributed by atoms with Gasteiger partial charge in [0.1, 0.15) is 5.82 Å². The number of rotatable bonds is 3. The standard InChI is InChI=1S/C18H20N4OS/c23-17(22-10-8-12-3-1-2-4-15(12)22)14-7-9-21(11-14)18-19-16(20-24-18)13-5-6-13/h1-4,13-14H,5-11H2. The Morgan fingerprint density at radius 1 is 1.17 bits per heavy atom. The number of amides is 1. The molecule has 0 bridgehead atoms. The second kappa shape index (κ2) is 5.55. The third-order valence-electron chi connectivity index (χ3n) is 5.33. The molecule has 0 N–H and O–H groups in total. The monoisotopic (exact) mass is 340 g/mol. The van der Waals surface area contributed by atoms with Gasteiger partial charge in [-0.3, -0.25) is 4.79 Å². The molecule has 1 unspecified atom stereocenters. The highest BCUT2D eigenvalue weighted by Gasteiger charge is 2.36. The van der Waals surface area contributed by atoms with Crippen molar-refractivity contribution in [1.82, 2.24) is 9.36 Å². The molecule has 1 aromatic carbocycles. The van der Waals surface area contributed by atoms with Crippen LogP contribution in [0.2, 0.25) is 0 Å². The van der Waals surface area contributed by atoms with E-state index in [1.165, 1.54) is 29.9 Å². The van der Waals surface area contributed by atoms with Crippen molar-refractivity contribution in [3.05, 3.63) is 35.7 Å². The van der Waals surface area contributed by atoms with Gasteiger partial charge in [-0.15, -0.1) is 0 Å². The van der Waals surface area contributed by atoms with Gasteiger partial charge < -0.3 is 9.80 Å². The van der Waals surface area contributed by atoms with Gasteiger partial charge >= 0.3 is 0 Å². The number of carbonyl (C=O) groups excluding carboxylic acids is 1. The molecule has 5 rings (SSSR count). The number of hydrogen-bond donors (Lipinski definition) is 0. The Bertz CT molecular complexity index is 785. The van der Waals surface area contributed by atoms with E-state index in [2.05, 4.69) is 32.5 Å². The molecule has 1 aromatic heterocycles. The van der Waals surface area contributed by atoms with Gasteiger partial charge in [0.25, 0.3) is 0 Å². The average molecular weight is 340 g/mol. The fourth-order valence-electron chi connectivity index (χ4n) is 3.79. The van der Waals surface area contributed by atoms with Crippen LogP contribution in [0.5, 0.6) is 0 Å². The van der Waals surface area contributed by atoms with Gasteiger partial charge in [-0.2, -0.15) is 4.37 Å². The molecule has 1 aliphatic carbocycles. The van der Waals surface area contributed by atoms with Gasteiger partial charge in [0, 0.05) is 42.8 Å². The second-order valence-electron chi connectivity index (χ2n) is 7.01. The number of fused-ring (bicyclic) bond motifs is 1. The van der Waals surface area contributed by atoms with Gasteiger partial charge in [-0.1, -0.05) is 18.2 Å². The normalized spacial score (nSPS) is 22.9. The summed E-state index contributed by atoms with van der Waals surface area (Å²) >= 11 is 1.49. The first-order valence-corrected chi connectivity index (χ1v) is 9.55. The lowest BCUT2D eigenvalue weighted by Gasteiger charge is -2.21. The number of nitrogens with zero attached hydrogens (tertiary/aromatic N) is 4. The van der Waals surface area contributed by atoms with Crippen molar-refractivity contribution in [2.45, 2.75) is 31.6 Å². The summed E-state index contributed by atoms with van der Waals surface area (Å²) < 4.78 is 4.49. The zero-order valence-electron chi connectivity index (χ0n) is 13.5. The quantitative estimate of drug-likeness (QED) is 0.862. The first kappa shape index (κ1) is 14.4. The maximum absolute atomic E-state index is 13.0. The Kier molecular flexibility index (Phi) is 3.33. The summed E-state index contributed by atoms with van der Waals surface area (Å²) in [6, 6.07) is 8.27. The SMILES string of the molecule is O=C(C1CCN(c2nc(C3CC3)ns2)C1)N1CCc2ccccc21. The van der Waals surface area contributed by atoms with Crippen LogP contribution in [-0.4, -0.2) is 34.9 Å². The minimum atomic E-state index is 0.0735. The number of para-hydroxylation sites is 1. The largest absolute Gasteiger partial charge is 0.346 e. The Morgan fingerprint density at radius 3 is 2.92 bits per heavy atom. The van der Waals surface area contributed by atoms with Crippen LogP contribution in [0.4, 0.5) is 10.8 Å². The lowest BCUT2D eigenvalue weighted by molar-refractivity contribution is -0.121. The number of carbonyl (C=O) groups is 1. The summed E-state index contributed by atoms with van der Waals surface area (Å²) in [6.07, 6.45) is 4.34. The summed E-state index contributed by atoms with van der Waals surface area (Å²) in [6.45, 7) is 2.50. The Balaban J connectivity index is 1.29. The van der Waals surface area contributed by atoms with Crippen LogP contribution >= 0.6 is 11.5 Å². The third kappa shape index (κ3) is 2.40. The number of aromatic nitrogens is 2. The Hall–Kier alpha value is -1.95. The van der Waals surface area contributed by atoms with E-state index in [4.69, 9.17) is 0 Å². The van der Waals surface area contributed by atoms with Crippen molar-refractivity contribution >= 4 is 28.3 Å². The van der Waals surface area contributed by atoms with Crippen molar-refractivity contribution in [2.24, 2.45) is 5.92 Å².